The number of hydrogen-bond acceptors (Lipinski definition) is 2. The molecule has 0 aliphatic carbocycles. The number of amides is 2. The Labute approximate surface area is 130 Å². The Kier molecular flexibility index (Phi) is 5.31. The van der Waals surface area contributed by atoms with E-state index in [4.69, 9.17) is 0 Å². The fraction of sp³-hybridized carbons (Fsp3) is 0.222. The molecular formula is C18H20N2O2. The molecule has 0 aliphatic heterocycles. The molecular weight excluding hydrogens is 276 g/mol. The predicted octanol–water partition coefficient (Wildman–Crippen LogP) is 3.92. The van der Waals surface area contributed by atoms with Crippen LogP contribution < -0.4 is 10.6 Å². The van der Waals surface area contributed by atoms with Gasteiger partial charge in [-0.1, -0.05) is 32.0 Å². The molecule has 0 heterocycles. The Balaban J connectivity index is 1.96. The third kappa shape index (κ3) is 4.74. The Bertz CT molecular complexity index is 634. The largest absolute Gasteiger partial charge is 0.326 e. The van der Waals surface area contributed by atoms with E-state index in [2.05, 4.69) is 10.6 Å². The van der Waals surface area contributed by atoms with E-state index in [-0.39, 0.29) is 11.8 Å². The van der Waals surface area contributed by atoms with Gasteiger partial charge in [-0.05, 0) is 42.3 Å². The number of benzene rings is 2. The summed E-state index contributed by atoms with van der Waals surface area (Å²) in [6.07, 6.45) is 0.482. The van der Waals surface area contributed by atoms with Crippen molar-refractivity contribution in [2.45, 2.75) is 20.3 Å². The first-order valence-electron chi connectivity index (χ1n) is 7.31. The molecule has 4 heteroatoms. The van der Waals surface area contributed by atoms with Crippen LogP contribution >= 0.6 is 0 Å². The van der Waals surface area contributed by atoms with E-state index in [1.807, 2.05) is 44.2 Å². The van der Waals surface area contributed by atoms with Crippen LogP contribution in [-0.2, 0) is 4.79 Å². The van der Waals surface area contributed by atoms with Crippen LogP contribution in [0.4, 0.5) is 11.4 Å². The van der Waals surface area contributed by atoms with Gasteiger partial charge in [0.25, 0.3) is 5.91 Å². The van der Waals surface area contributed by atoms with Gasteiger partial charge < -0.3 is 10.6 Å². The summed E-state index contributed by atoms with van der Waals surface area (Å²) in [5.41, 5.74) is 1.99. The molecule has 0 atom stereocenters. The number of carbonyl (C=O) groups is 2. The molecule has 0 bridgehead atoms. The van der Waals surface area contributed by atoms with Gasteiger partial charge in [-0.25, -0.2) is 0 Å². The minimum atomic E-state index is -0.175. The molecule has 2 rings (SSSR count). The summed E-state index contributed by atoms with van der Waals surface area (Å²) in [6, 6.07) is 16.1. The maximum atomic E-state index is 12.1. The van der Waals surface area contributed by atoms with Gasteiger partial charge >= 0.3 is 0 Å². The van der Waals surface area contributed by atoms with Crippen LogP contribution in [0.25, 0.3) is 0 Å². The molecule has 0 fully saturated rings. The SMILES string of the molecule is CC(C)CC(=O)Nc1ccc(C(=O)Nc2ccccc2)cc1. The lowest BCUT2D eigenvalue weighted by molar-refractivity contribution is -0.116. The zero-order valence-electron chi connectivity index (χ0n) is 12.8. The van der Waals surface area contributed by atoms with Crippen molar-refractivity contribution in [1.82, 2.24) is 0 Å². The highest BCUT2D eigenvalue weighted by Crippen LogP contribution is 2.13. The smallest absolute Gasteiger partial charge is 0.255 e. The van der Waals surface area contributed by atoms with Gasteiger partial charge in [0.15, 0.2) is 0 Å². The molecule has 0 spiro atoms. The number of anilines is 2. The first-order chi connectivity index (χ1) is 10.5. The van der Waals surface area contributed by atoms with Gasteiger partial charge in [0.05, 0.1) is 0 Å². The second-order valence-corrected chi connectivity index (χ2v) is 5.54. The second-order valence-electron chi connectivity index (χ2n) is 5.54. The van der Waals surface area contributed by atoms with Gasteiger partial charge in [-0.3, -0.25) is 9.59 Å². The monoisotopic (exact) mass is 296 g/mol. The summed E-state index contributed by atoms with van der Waals surface area (Å²) < 4.78 is 0. The van der Waals surface area contributed by atoms with E-state index in [9.17, 15) is 9.59 Å². The topological polar surface area (TPSA) is 58.2 Å². The molecule has 2 amide bonds. The van der Waals surface area contributed by atoms with Gasteiger partial charge in [-0.15, -0.1) is 0 Å². The zero-order valence-corrected chi connectivity index (χ0v) is 12.8. The van der Waals surface area contributed by atoms with E-state index in [1.165, 1.54) is 0 Å². The lowest BCUT2D eigenvalue weighted by Gasteiger charge is -2.08. The van der Waals surface area contributed by atoms with E-state index in [0.29, 0.717) is 23.6 Å². The van der Waals surface area contributed by atoms with Gasteiger partial charge in [-0.2, -0.15) is 0 Å². The van der Waals surface area contributed by atoms with Crippen LogP contribution in [0.15, 0.2) is 54.6 Å². The van der Waals surface area contributed by atoms with E-state index >= 15 is 0 Å². The van der Waals surface area contributed by atoms with Gasteiger partial charge in [0.2, 0.25) is 5.91 Å². The number of carbonyl (C=O) groups excluding carboxylic acids is 2. The standard InChI is InChI=1S/C18H20N2O2/c1-13(2)12-17(21)19-16-10-8-14(9-11-16)18(22)20-15-6-4-3-5-7-15/h3-11,13H,12H2,1-2H3,(H,19,21)(H,20,22). The van der Waals surface area contributed by atoms with Crippen LogP contribution in [0.1, 0.15) is 30.6 Å². The van der Waals surface area contributed by atoms with E-state index in [1.54, 1.807) is 24.3 Å². The molecule has 114 valence electrons. The lowest BCUT2D eigenvalue weighted by Crippen LogP contribution is -2.14. The molecule has 2 N–H and O–H groups in total. The molecule has 4 nitrogen and oxygen atoms in total. The average Bonchev–Trinajstić information content (AvgIpc) is 2.48. The molecule has 22 heavy (non-hydrogen) atoms. The first kappa shape index (κ1) is 15.8. The van der Waals surface area contributed by atoms with Gasteiger partial charge in [0.1, 0.15) is 0 Å². The summed E-state index contributed by atoms with van der Waals surface area (Å²) in [7, 11) is 0. The fourth-order valence-electron chi connectivity index (χ4n) is 2.01. The van der Waals surface area contributed by atoms with Crippen molar-refractivity contribution >= 4 is 23.2 Å². The highest BCUT2D eigenvalue weighted by Gasteiger charge is 2.08. The quantitative estimate of drug-likeness (QED) is 0.878. The van der Waals surface area contributed by atoms with Crippen LogP contribution in [0, 0.1) is 5.92 Å². The minimum absolute atomic E-state index is 0.0171. The normalized spacial score (nSPS) is 10.3. The third-order valence-corrected chi connectivity index (χ3v) is 3.06. The van der Waals surface area contributed by atoms with Crippen LogP contribution in [0.5, 0.6) is 0 Å². The summed E-state index contributed by atoms with van der Waals surface area (Å²) in [5.74, 6) is 0.124. The van der Waals surface area contributed by atoms with Crippen molar-refractivity contribution in [1.29, 1.82) is 0 Å². The number of hydrogen-bond donors (Lipinski definition) is 2. The minimum Gasteiger partial charge on any atom is -0.326 e. The summed E-state index contributed by atoms with van der Waals surface area (Å²) >= 11 is 0. The van der Waals surface area contributed by atoms with Crippen molar-refractivity contribution in [3.63, 3.8) is 0 Å². The Hall–Kier alpha value is -2.62. The molecule has 0 aromatic heterocycles. The number of rotatable bonds is 5. The molecule has 0 aliphatic rings. The molecule has 2 aromatic rings. The van der Waals surface area contributed by atoms with Crippen LogP contribution in [-0.4, -0.2) is 11.8 Å². The molecule has 0 saturated carbocycles. The number of nitrogens with one attached hydrogen (secondary N) is 2. The molecule has 0 saturated heterocycles. The van der Waals surface area contributed by atoms with Crippen LogP contribution in [0.3, 0.4) is 0 Å². The predicted molar refractivity (Wildman–Crippen MR) is 88.9 cm³/mol. The fourth-order valence-corrected chi connectivity index (χ4v) is 2.01. The first-order valence-corrected chi connectivity index (χ1v) is 7.31. The van der Waals surface area contributed by atoms with Crippen molar-refractivity contribution < 1.29 is 9.59 Å². The van der Waals surface area contributed by atoms with Crippen molar-refractivity contribution in [2.24, 2.45) is 5.92 Å². The van der Waals surface area contributed by atoms with Crippen molar-refractivity contribution in [3.05, 3.63) is 60.2 Å². The average molecular weight is 296 g/mol. The summed E-state index contributed by atoms with van der Waals surface area (Å²) in [6.45, 7) is 3.99. The maximum absolute atomic E-state index is 12.1. The maximum Gasteiger partial charge on any atom is 0.255 e. The summed E-state index contributed by atoms with van der Waals surface area (Å²) in [4.78, 5) is 23.8. The number of para-hydroxylation sites is 1. The van der Waals surface area contributed by atoms with Crippen molar-refractivity contribution in [2.75, 3.05) is 10.6 Å². The Morgan fingerprint density at radius 3 is 2.05 bits per heavy atom. The Morgan fingerprint density at radius 1 is 0.864 bits per heavy atom. The van der Waals surface area contributed by atoms with Crippen LogP contribution in [0.2, 0.25) is 0 Å². The summed E-state index contributed by atoms with van der Waals surface area (Å²) in [5, 5.41) is 5.64. The molecule has 0 unspecified atom stereocenters. The lowest BCUT2D eigenvalue weighted by atomic mass is 10.1. The third-order valence-electron chi connectivity index (χ3n) is 3.06. The second kappa shape index (κ2) is 7.41. The highest BCUT2D eigenvalue weighted by atomic mass is 16.2. The molecule has 0 radical (unpaired) electrons. The zero-order chi connectivity index (χ0) is 15.9. The molecule has 2 aromatic carbocycles. The van der Waals surface area contributed by atoms with E-state index < -0.39 is 0 Å². The van der Waals surface area contributed by atoms with Gasteiger partial charge in [0, 0.05) is 23.4 Å². The van der Waals surface area contributed by atoms with Crippen molar-refractivity contribution in [3.8, 4) is 0 Å². The Morgan fingerprint density at radius 2 is 1.45 bits per heavy atom. The van der Waals surface area contributed by atoms with E-state index in [0.717, 1.165) is 5.69 Å². The highest BCUT2D eigenvalue weighted by molar-refractivity contribution is 6.04.